The van der Waals surface area contributed by atoms with Crippen LogP contribution in [-0.4, -0.2) is 6.03 Å². The lowest BCUT2D eigenvalue weighted by Crippen LogP contribution is -2.23. The smallest absolute Gasteiger partial charge is 0.323 e. The summed E-state index contributed by atoms with van der Waals surface area (Å²) < 4.78 is 0. The third-order valence-electron chi connectivity index (χ3n) is 1.64. The van der Waals surface area contributed by atoms with E-state index in [4.69, 9.17) is 17.3 Å². The topological polar surface area (TPSA) is 67.2 Å². The van der Waals surface area contributed by atoms with Crippen LogP contribution in [0, 0.1) is 0 Å². The maximum Gasteiger partial charge on any atom is 0.323 e. The van der Waals surface area contributed by atoms with Gasteiger partial charge >= 0.3 is 6.03 Å². The molecular formula is C10H12ClN3O. The number of rotatable bonds is 2. The van der Waals surface area contributed by atoms with Gasteiger partial charge in [0.1, 0.15) is 0 Å². The van der Waals surface area contributed by atoms with Crippen LogP contribution in [0.25, 0.3) is 0 Å². The number of carbonyl (C=O) groups is 1. The number of benzene rings is 1. The molecule has 0 radical (unpaired) electrons. The first-order valence-corrected chi connectivity index (χ1v) is 4.75. The Hall–Kier alpha value is -1.68. The number of hydrogen-bond donors (Lipinski definition) is 3. The van der Waals surface area contributed by atoms with Gasteiger partial charge in [-0.1, -0.05) is 17.7 Å². The fraction of sp³-hybridized carbons (Fsp3) is 0.100. The van der Waals surface area contributed by atoms with E-state index in [1.165, 1.54) is 6.20 Å². The van der Waals surface area contributed by atoms with E-state index in [9.17, 15) is 4.79 Å². The summed E-state index contributed by atoms with van der Waals surface area (Å²) in [6, 6.07) is 4.57. The molecule has 4 nitrogen and oxygen atoms in total. The Bertz CT molecular complexity index is 390. The molecule has 1 aromatic rings. The molecule has 2 amide bonds. The van der Waals surface area contributed by atoms with Crippen molar-refractivity contribution in [3.63, 3.8) is 0 Å². The second kappa shape index (κ2) is 5.26. The lowest BCUT2D eigenvalue weighted by Gasteiger charge is -2.05. The van der Waals surface area contributed by atoms with E-state index >= 15 is 0 Å². The first-order valence-electron chi connectivity index (χ1n) is 4.37. The molecule has 0 saturated carbocycles. The van der Waals surface area contributed by atoms with Crippen LogP contribution in [-0.2, 0) is 0 Å². The molecule has 5 heteroatoms. The van der Waals surface area contributed by atoms with Gasteiger partial charge in [0.2, 0.25) is 0 Å². The van der Waals surface area contributed by atoms with Gasteiger partial charge in [-0.2, -0.15) is 0 Å². The largest absolute Gasteiger partial charge is 0.398 e. The first-order chi connectivity index (χ1) is 7.13. The number of carbonyl (C=O) groups excluding carboxylic acids is 1. The number of hydrogen-bond acceptors (Lipinski definition) is 2. The molecule has 0 aromatic heterocycles. The van der Waals surface area contributed by atoms with Crippen molar-refractivity contribution in [3.8, 4) is 0 Å². The summed E-state index contributed by atoms with van der Waals surface area (Å²) >= 11 is 5.79. The van der Waals surface area contributed by atoms with Gasteiger partial charge in [-0.3, -0.25) is 0 Å². The Balaban J connectivity index is 2.65. The van der Waals surface area contributed by atoms with Crippen LogP contribution in [0.2, 0.25) is 5.02 Å². The van der Waals surface area contributed by atoms with Gasteiger partial charge < -0.3 is 16.4 Å². The zero-order valence-electron chi connectivity index (χ0n) is 8.25. The van der Waals surface area contributed by atoms with Gasteiger partial charge in [-0.25, -0.2) is 4.79 Å². The molecule has 0 atom stereocenters. The lowest BCUT2D eigenvalue weighted by atomic mass is 10.3. The number of nitrogens with one attached hydrogen (secondary N) is 2. The van der Waals surface area contributed by atoms with Crippen molar-refractivity contribution in [2.45, 2.75) is 6.92 Å². The minimum atomic E-state index is -0.325. The molecule has 4 N–H and O–H groups in total. The summed E-state index contributed by atoms with van der Waals surface area (Å²) in [5.74, 6) is 0. The molecule has 0 heterocycles. The van der Waals surface area contributed by atoms with Crippen molar-refractivity contribution >= 4 is 29.0 Å². The predicted molar refractivity (Wildman–Crippen MR) is 62.8 cm³/mol. The number of allylic oxidation sites excluding steroid dienone is 1. The second-order valence-electron chi connectivity index (χ2n) is 2.83. The quantitative estimate of drug-likeness (QED) is 0.678. The van der Waals surface area contributed by atoms with Crippen molar-refractivity contribution in [1.82, 2.24) is 5.32 Å². The highest BCUT2D eigenvalue weighted by atomic mass is 35.5. The van der Waals surface area contributed by atoms with Crippen molar-refractivity contribution in [1.29, 1.82) is 0 Å². The van der Waals surface area contributed by atoms with Gasteiger partial charge in [-0.05, 0) is 25.1 Å². The number of amides is 2. The van der Waals surface area contributed by atoms with Crippen LogP contribution in [0.4, 0.5) is 16.2 Å². The van der Waals surface area contributed by atoms with E-state index in [1.54, 1.807) is 31.2 Å². The van der Waals surface area contributed by atoms with Crippen LogP contribution in [0.15, 0.2) is 30.5 Å². The molecule has 0 aliphatic rings. The Kier molecular flexibility index (Phi) is 4.00. The van der Waals surface area contributed by atoms with Crippen LogP contribution in [0.3, 0.4) is 0 Å². The molecule has 0 aliphatic carbocycles. The van der Waals surface area contributed by atoms with Gasteiger partial charge in [0.05, 0.1) is 10.7 Å². The van der Waals surface area contributed by atoms with Crippen molar-refractivity contribution in [2.24, 2.45) is 0 Å². The van der Waals surface area contributed by atoms with Gasteiger partial charge in [0.15, 0.2) is 0 Å². The number of halogens is 1. The summed E-state index contributed by atoms with van der Waals surface area (Å²) in [6.45, 7) is 1.81. The zero-order valence-corrected chi connectivity index (χ0v) is 9.01. The molecule has 15 heavy (non-hydrogen) atoms. The van der Waals surface area contributed by atoms with E-state index in [2.05, 4.69) is 10.6 Å². The van der Waals surface area contributed by atoms with E-state index in [1.807, 2.05) is 0 Å². The molecule has 0 fully saturated rings. The molecule has 1 aromatic carbocycles. The summed E-state index contributed by atoms with van der Waals surface area (Å²) in [6.07, 6.45) is 3.25. The average molecular weight is 226 g/mol. The molecule has 80 valence electrons. The van der Waals surface area contributed by atoms with Crippen LogP contribution < -0.4 is 16.4 Å². The van der Waals surface area contributed by atoms with E-state index in [0.717, 1.165) is 0 Å². The summed E-state index contributed by atoms with van der Waals surface area (Å²) in [5.41, 5.74) is 6.60. The van der Waals surface area contributed by atoms with Gasteiger partial charge in [-0.15, -0.1) is 0 Å². The van der Waals surface area contributed by atoms with Crippen molar-refractivity contribution < 1.29 is 4.79 Å². The van der Waals surface area contributed by atoms with E-state index in [0.29, 0.717) is 16.4 Å². The SMILES string of the molecule is C/C=C/NC(=O)Nc1ccc(N)c(Cl)c1. The maximum absolute atomic E-state index is 11.2. The van der Waals surface area contributed by atoms with E-state index < -0.39 is 0 Å². The number of nitrogens with two attached hydrogens (primary N) is 1. The number of urea groups is 1. The normalized spacial score (nSPS) is 10.3. The highest BCUT2D eigenvalue weighted by molar-refractivity contribution is 6.33. The van der Waals surface area contributed by atoms with Crippen LogP contribution in [0.1, 0.15) is 6.92 Å². The number of nitrogen functional groups attached to an aromatic ring is 1. The molecule has 1 rings (SSSR count). The van der Waals surface area contributed by atoms with E-state index in [-0.39, 0.29) is 6.03 Å². The van der Waals surface area contributed by atoms with Crippen LogP contribution >= 0.6 is 11.6 Å². The average Bonchev–Trinajstić information content (AvgIpc) is 2.20. The fourth-order valence-corrected chi connectivity index (χ4v) is 1.11. The standard InChI is InChI=1S/C10H12ClN3O/c1-2-5-13-10(15)14-7-3-4-9(12)8(11)6-7/h2-6H,12H2,1H3,(H2,13,14,15)/b5-2+. The monoisotopic (exact) mass is 225 g/mol. The third kappa shape index (κ3) is 3.52. The first kappa shape index (κ1) is 11.4. The highest BCUT2D eigenvalue weighted by Gasteiger charge is 2.01. The predicted octanol–water partition coefficient (Wildman–Crippen LogP) is 2.58. The summed E-state index contributed by atoms with van der Waals surface area (Å²) in [4.78, 5) is 11.2. The zero-order chi connectivity index (χ0) is 11.3. The Labute approximate surface area is 93.1 Å². The third-order valence-corrected chi connectivity index (χ3v) is 1.97. The van der Waals surface area contributed by atoms with Crippen molar-refractivity contribution in [2.75, 3.05) is 11.1 Å². The summed E-state index contributed by atoms with van der Waals surface area (Å²) in [5, 5.41) is 5.53. The van der Waals surface area contributed by atoms with Gasteiger partial charge in [0, 0.05) is 11.9 Å². The Morgan fingerprint density at radius 3 is 2.87 bits per heavy atom. The molecule has 0 aliphatic heterocycles. The lowest BCUT2D eigenvalue weighted by molar-refractivity contribution is 0.255. The number of anilines is 2. The van der Waals surface area contributed by atoms with Crippen molar-refractivity contribution in [3.05, 3.63) is 35.5 Å². The second-order valence-corrected chi connectivity index (χ2v) is 3.24. The fourth-order valence-electron chi connectivity index (χ4n) is 0.931. The van der Waals surface area contributed by atoms with Crippen LogP contribution in [0.5, 0.6) is 0 Å². The minimum absolute atomic E-state index is 0.325. The minimum Gasteiger partial charge on any atom is -0.398 e. The molecule has 0 unspecified atom stereocenters. The Morgan fingerprint density at radius 2 is 2.27 bits per heavy atom. The Morgan fingerprint density at radius 1 is 1.53 bits per heavy atom. The van der Waals surface area contributed by atoms with Gasteiger partial charge in [0.25, 0.3) is 0 Å². The molecule has 0 saturated heterocycles. The summed E-state index contributed by atoms with van der Waals surface area (Å²) in [7, 11) is 0. The molecule has 0 bridgehead atoms. The maximum atomic E-state index is 11.2. The highest BCUT2D eigenvalue weighted by Crippen LogP contribution is 2.22. The molecular weight excluding hydrogens is 214 g/mol. The molecule has 0 spiro atoms.